The number of hydrogen-bond donors (Lipinski definition) is 1. The first-order valence-corrected chi connectivity index (χ1v) is 7.85. The molecular weight excluding hydrogens is 306 g/mol. The Morgan fingerprint density at radius 2 is 1.92 bits per heavy atom. The summed E-state index contributed by atoms with van der Waals surface area (Å²) >= 11 is 0. The molecule has 1 amide bonds. The standard InChI is InChI=1S/C19H23NO4/c1-5-15-9-10-17(14(3)11-15)24-12-16-8-6-7-13(2)18(16)20(22)19(21)23-4/h6-11,22H,5,12H2,1-4H3. The number of benzene rings is 2. The summed E-state index contributed by atoms with van der Waals surface area (Å²) in [4.78, 5) is 11.6. The predicted molar refractivity (Wildman–Crippen MR) is 92.7 cm³/mol. The zero-order valence-corrected chi connectivity index (χ0v) is 14.5. The average Bonchev–Trinajstić information content (AvgIpc) is 2.59. The van der Waals surface area contributed by atoms with Gasteiger partial charge in [-0.3, -0.25) is 5.21 Å². The zero-order valence-electron chi connectivity index (χ0n) is 14.5. The summed E-state index contributed by atoms with van der Waals surface area (Å²) in [6.07, 6.45) is 0.135. The van der Waals surface area contributed by atoms with E-state index in [0.717, 1.165) is 23.3 Å². The van der Waals surface area contributed by atoms with Gasteiger partial charge in [0.05, 0.1) is 12.8 Å². The summed E-state index contributed by atoms with van der Waals surface area (Å²) in [7, 11) is 1.22. The third-order valence-electron chi connectivity index (χ3n) is 3.91. The third kappa shape index (κ3) is 3.86. The minimum absolute atomic E-state index is 0.234. The second-order valence-corrected chi connectivity index (χ2v) is 5.61. The highest BCUT2D eigenvalue weighted by Crippen LogP contribution is 2.27. The van der Waals surface area contributed by atoms with Crippen molar-refractivity contribution in [2.45, 2.75) is 33.8 Å². The first-order valence-electron chi connectivity index (χ1n) is 7.85. The van der Waals surface area contributed by atoms with E-state index in [0.29, 0.717) is 16.3 Å². The average molecular weight is 329 g/mol. The van der Waals surface area contributed by atoms with Gasteiger partial charge in [-0.05, 0) is 43.0 Å². The summed E-state index contributed by atoms with van der Waals surface area (Å²) in [5.74, 6) is 0.780. The van der Waals surface area contributed by atoms with Gasteiger partial charge in [0.1, 0.15) is 12.4 Å². The summed E-state index contributed by atoms with van der Waals surface area (Å²) in [6.45, 7) is 6.15. The van der Waals surface area contributed by atoms with E-state index in [4.69, 9.17) is 4.74 Å². The molecule has 24 heavy (non-hydrogen) atoms. The van der Waals surface area contributed by atoms with Crippen LogP contribution in [-0.4, -0.2) is 18.4 Å². The fourth-order valence-electron chi connectivity index (χ4n) is 2.57. The van der Waals surface area contributed by atoms with Gasteiger partial charge in [-0.2, -0.15) is 5.06 Å². The molecule has 0 heterocycles. The number of nitrogens with zero attached hydrogens (tertiary/aromatic N) is 1. The number of carbonyl (C=O) groups excluding carboxylic acids is 1. The molecule has 0 aromatic heterocycles. The molecule has 0 atom stereocenters. The predicted octanol–water partition coefficient (Wildman–Crippen LogP) is 4.41. The van der Waals surface area contributed by atoms with Crippen LogP contribution in [0.3, 0.4) is 0 Å². The van der Waals surface area contributed by atoms with Crippen LogP contribution in [0.1, 0.15) is 29.2 Å². The maximum Gasteiger partial charge on any atom is 0.438 e. The Labute approximate surface area is 142 Å². The molecule has 0 aliphatic rings. The second-order valence-electron chi connectivity index (χ2n) is 5.61. The van der Waals surface area contributed by atoms with E-state index in [1.807, 2.05) is 44.2 Å². The van der Waals surface area contributed by atoms with Gasteiger partial charge < -0.3 is 9.47 Å². The number of amides is 1. The topological polar surface area (TPSA) is 59.0 Å². The molecule has 0 spiro atoms. The van der Waals surface area contributed by atoms with Crippen molar-refractivity contribution in [3.63, 3.8) is 0 Å². The normalized spacial score (nSPS) is 10.4. The van der Waals surface area contributed by atoms with Crippen molar-refractivity contribution in [1.82, 2.24) is 0 Å². The van der Waals surface area contributed by atoms with Gasteiger partial charge in [0.25, 0.3) is 0 Å². The van der Waals surface area contributed by atoms with Crippen molar-refractivity contribution >= 4 is 11.8 Å². The van der Waals surface area contributed by atoms with Crippen LogP contribution in [0.25, 0.3) is 0 Å². The Balaban J connectivity index is 2.24. The van der Waals surface area contributed by atoms with Crippen molar-refractivity contribution in [3.8, 4) is 5.75 Å². The van der Waals surface area contributed by atoms with Gasteiger partial charge in [-0.1, -0.05) is 37.3 Å². The van der Waals surface area contributed by atoms with E-state index in [2.05, 4.69) is 17.7 Å². The molecule has 0 saturated carbocycles. The van der Waals surface area contributed by atoms with E-state index >= 15 is 0 Å². The van der Waals surface area contributed by atoms with Crippen LogP contribution in [0, 0.1) is 13.8 Å². The van der Waals surface area contributed by atoms with Gasteiger partial charge in [0.2, 0.25) is 0 Å². The summed E-state index contributed by atoms with van der Waals surface area (Å²) < 4.78 is 10.5. The van der Waals surface area contributed by atoms with Crippen LogP contribution in [0.2, 0.25) is 0 Å². The number of ether oxygens (including phenoxy) is 2. The maximum atomic E-state index is 11.6. The van der Waals surface area contributed by atoms with Crippen molar-refractivity contribution in [2.24, 2.45) is 0 Å². The molecule has 128 valence electrons. The lowest BCUT2D eigenvalue weighted by Crippen LogP contribution is -2.28. The van der Waals surface area contributed by atoms with Crippen LogP contribution in [0.4, 0.5) is 10.5 Å². The Morgan fingerprint density at radius 3 is 2.54 bits per heavy atom. The molecular formula is C19H23NO4. The molecule has 0 unspecified atom stereocenters. The lowest BCUT2D eigenvalue weighted by molar-refractivity contribution is 0.140. The fourth-order valence-corrected chi connectivity index (χ4v) is 2.57. The fraction of sp³-hybridized carbons (Fsp3) is 0.316. The van der Waals surface area contributed by atoms with E-state index in [1.54, 1.807) is 0 Å². The third-order valence-corrected chi connectivity index (χ3v) is 3.91. The number of para-hydroxylation sites is 1. The van der Waals surface area contributed by atoms with Crippen molar-refractivity contribution in [3.05, 3.63) is 58.7 Å². The van der Waals surface area contributed by atoms with Crippen LogP contribution in [0.15, 0.2) is 36.4 Å². The van der Waals surface area contributed by atoms with Crippen LogP contribution >= 0.6 is 0 Å². The minimum atomic E-state index is -0.839. The van der Waals surface area contributed by atoms with E-state index in [9.17, 15) is 10.0 Å². The van der Waals surface area contributed by atoms with Crippen LogP contribution < -0.4 is 9.80 Å². The Kier molecular flexibility index (Phi) is 5.82. The highest BCUT2D eigenvalue weighted by molar-refractivity contribution is 5.87. The molecule has 0 aliphatic heterocycles. The maximum absolute atomic E-state index is 11.6. The van der Waals surface area contributed by atoms with Crippen LogP contribution in [-0.2, 0) is 17.8 Å². The lowest BCUT2D eigenvalue weighted by Gasteiger charge is -2.20. The minimum Gasteiger partial charge on any atom is -0.489 e. The molecule has 0 fully saturated rings. The first kappa shape index (κ1) is 17.8. The Hall–Kier alpha value is -2.53. The molecule has 2 aromatic rings. The molecule has 0 saturated heterocycles. The number of aryl methyl sites for hydroxylation is 3. The number of rotatable bonds is 5. The molecule has 0 aliphatic carbocycles. The Morgan fingerprint density at radius 1 is 1.17 bits per heavy atom. The SMILES string of the molecule is CCc1ccc(OCc2cccc(C)c2N(O)C(=O)OC)c(C)c1. The Bertz CT molecular complexity index is 727. The lowest BCUT2D eigenvalue weighted by atomic mass is 10.1. The molecule has 0 bridgehead atoms. The molecule has 5 nitrogen and oxygen atoms in total. The monoisotopic (exact) mass is 329 g/mol. The molecule has 0 radical (unpaired) electrons. The highest BCUT2D eigenvalue weighted by Gasteiger charge is 2.19. The van der Waals surface area contributed by atoms with Gasteiger partial charge in [0.15, 0.2) is 0 Å². The van der Waals surface area contributed by atoms with Crippen LogP contribution in [0.5, 0.6) is 5.75 Å². The van der Waals surface area contributed by atoms with Crippen molar-refractivity contribution in [2.75, 3.05) is 12.2 Å². The van der Waals surface area contributed by atoms with E-state index in [1.165, 1.54) is 12.7 Å². The number of carbonyl (C=O) groups is 1. The van der Waals surface area contributed by atoms with Gasteiger partial charge >= 0.3 is 6.09 Å². The van der Waals surface area contributed by atoms with Crippen molar-refractivity contribution in [1.29, 1.82) is 0 Å². The first-order chi connectivity index (χ1) is 11.5. The molecule has 2 rings (SSSR count). The summed E-state index contributed by atoms with van der Waals surface area (Å²) in [5.41, 5.74) is 4.14. The molecule has 1 N–H and O–H groups in total. The van der Waals surface area contributed by atoms with E-state index < -0.39 is 6.09 Å². The molecule has 2 aromatic carbocycles. The number of anilines is 1. The zero-order chi connectivity index (χ0) is 17.7. The highest BCUT2D eigenvalue weighted by atomic mass is 16.6. The number of methoxy groups -OCH3 is 1. The smallest absolute Gasteiger partial charge is 0.438 e. The van der Waals surface area contributed by atoms with Gasteiger partial charge in [0, 0.05) is 5.56 Å². The summed E-state index contributed by atoms with van der Waals surface area (Å²) in [5, 5.41) is 10.6. The summed E-state index contributed by atoms with van der Waals surface area (Å²) in [6, 6.07) is 11.6. The largest absolute Gasteiger partial charge is 0.489 e. The second kappa shape index (κ2) is 7.84. The van der Waals surface area contributed by atoms with E-state index in [-0.39, 0.29) is 6.61 Å². The van der Waals surface area contributed by atoms with Gasteiger partial charge in [-0.25, -0.2) is 4.79 Å². The number of hydroxylamine groups is 1. The molecule has 5 heteroatoms. The van der Waals surface area contributed by atoms with Crippen molar-refractivity contribution < 1.29 is 19.5 Å². The number of hydrogen-bond acceptors (Lipinski definition) is 4. The quantitative estimate of drug-likeness (QED) is 0.652. The van der Waals surface area contributed by atoms with Gasteiger partial charge in [-0.15, -0.1) is 0 Å².